The molecule has 1 heteroatoms. The van der Waals surface area contributed by atoms with E-state index in [9.17, 15) is 0 Å². The van der Waals surface area contributed by atoms with Gasteiger partial charge in [0.2, 0.25) is 0 Å². The van der Waals surface area contributed by atoms with E-state index >= 15 is 0 Å². The molecule has 2 bridgehead atoms. The van der Waals surface area contributed by atoms with Gasteiger partial charge in [0.05, 0.1) is 5.52 Å². The van der Waals surface area contributed by atoms with Gasteiger partial charge in [-0.15, -0.1) is 0 Å². The zero-order valence-corrected chi connectivity index (χ0v) is 10.8. The number of hydrogen-bond donors (Lipinski definition) is 0. The molecular formula is C18H15N. The van der Waals surface area contributed by atoms with Gasteiger partial charge in [0.25, 0.3) is 0 Å². The quantitative estimate of drug-likeness (QED) is 0.521. The van der Waals surface area contributed by atoms with Crippen molar-refractivity contribution in [3.8, 4) is 0 Å². The van der Waals surface area contributed by atoms with Gasteiger partial charge >= 0.3 is 0 Å². The lowest BCUT2D eigenvalue weighted by Crippen LogP contribution is -2.01. The van der Waals surface area contributed by atoms with Crippen LogP contribution in [-0.4, -0.2) is 4.98 Å². The van der Waals surface area contributed by atoms with E-state index in [1.807, 2.05) is 6.20 Å². The molecule has 0 spiro atoms. The number of hydrogen-bond acceptors (Lipinski definition) is 1. The van der Waals surface area contributed by atoms with Crippen molar-refractivity contribution in [3.05, 3.63) is 53.7 Å². The average Bonchev–Trinajstić information content (AvgIpc) is 3.09. The molecule has 0 aliphatic heterocycles. The summed E-state index contributed by atoms with van der Waals surface area (Å²) in [5.41, 5.74) is 4.47. The van der Waals surface area contributed by atoms with Crippen molar-refractivity contribution in [2.45, 2.75) is 31.1 Å². The van der Waals surface area contributed by atoms with Crippen LogP contribution in [0.5, 0.6) is 0 Å². The van der Waals surface area contributed by atoms with Crippen LogP contribution in [0, 0.1) is 0 Å². The van der Waals surface area contributed by atoms with Crippen LogP contribution in [-0.2, 0) is 0 Å². The van der Waals surface area contributed by atoms with Crippen molar-refractivity contribution in [2.24, 2.45) is 0 Å². The second-order valence-electron chi connectivity index (χ2n) is 5.98. The molecule has 3 aromatic rings. The molecule has 1 fully saturated rings. The molecular weight excluding hydrogens is 230 g/mol. The summed E-state index contributed by atoms with van der Waals surface area (Å²) in [6.07, 6.45) is 6.05. The van der Waals surface area contributed by atoms with Gasteiger partial charge < -0.3 is 0 Å². The molecule has 19 heavy (non-hydrogen) atoms. The molecule has 2 aliphatic carbocycles. The molecule has 1 saturated carbocycles. The van der Waals surface area contributed by atoms with E-state index in [2.05, 4.69) is 41.4 Å². The number of benzene rings is 2. The van der Waals surface area contributed by atoms with Crippen LogP contribution in [0.1, 0.15) is 42.2 Å². The first-order valence-electron chi connectivity index (χ1n) is 7.22. The van der Waals surface area contributed by atoms with Crippen molar-refractivity contribution in [3.63, 3.8) is 0 Å². The number of aromatic nitrogens is 1. The van der Waals surface area contributed by atoms with Gasteiger partial charge in [-0.1, -0.05) is 30.3 Å². The second-order valence-corrected chi connectivity index (χ2v) is 5.98. The SMILES string of the molecule is c1ccc2c(c1)c1c(c3cccnc32)C2CC[C@@H]1C2. The van der Waals surface area contributed by atoms with Crippen LogP contribution in [0.3, 0.4) is 0 Å². The number of pyridine rings is 1. The van der Waals surface area contributed by atoms with E-state index in [4.69, 9.17) is 0 Å². The van der Waals surface area contributed by atoms with Crippen LogP contribution >= 0.6 is 0 Å². The molecule has 1 unspecified atom stereocenters. The minimum absolute atomic E-state index is 0.788. The summed E-state index contributed by atoms with van der Waals surface area (Å²) >= 11 is 0. The second kappa shape index (κ2) is 3.36. The summed E-state index contributed by atoms with van der Waals surface area (Å²) in [5, 5.41) is 4.20. The van der Waals surface area contributed by atoms with E-state index in [0.29, 0.717) is 0 Å². The predicted octanol–water partition coefficient (Wildman–Crippen LogP) is 4.75. The first kappa shape index (κ1) is 9.96. The predicted molar refractivity (Wildman–Crippen MR) is 78.6 cm³/mol. The third-order valence-corrected chi connectivity index (χ3v) is 5.11. The van der Waals surface area contributed by atoms with Gasteiger partial charge in [0.15, 0.2) is 0 Å². The summed E-state index contributed by atoms with van der Waals surface area (Å²) < 4.78 is 0. The van der Waals surface area contributed by atoms with Gasteiger partial charge in [-0.05, 0) is 53.7 Å². The Kier molecular flexibility index (Phi) is 1.76. The Hall–Kier alpha value is -1.89. The molecule has 1 nitrogen and oxygen atoms in total. The molecule has 2 atom stereocenters. The molecule has 2 aliphatic rings. The van der Waals surface area contributed by atoms with E-state index in [1.165, 1.54) is 40.9 Å². The van der Waals surface area contributed by atoms with Gasteiger partial charge in [0.1, 0.15) is 0 Å². The molecule has 1 aromatic heterocycles. The number of rotatable bonds is 0. The fraction of sp³-hybridized carbons (Fsp3) is 0.278. The molecule has 0 N–H and O–H groups in total. The fourth-order valence-corrected chi connectivity index (χ4v) is 4.44. The summed E-state index contributed by atoms with van der Waals surface area (Å²) in [6.45, 7) is 0. The number of nitrogens with zero attached hydrogens (tertiary/aromatic N) is 1. The van der Waals surface area contributed by atoms with Crippen LogP contribution in [0.4, 0.5) is 0 Å². The maximum absolute atomic E-state index is 4.67. The minimum Gasteiger partial charge on any atom is -0.256 e. The lowest BCUT2D eigenvalue weighted by atomic mass is 9.85. The first-order valence-corrected chi connectivity index (χ1v) is 7.22. The van der Waals surface area contributed by atoms with Crippen molar-refractivity contribution in [2.75, 3.05) is 0 Å². The molecule has 1 heterocycles. The molecule has 5 rings (SSSR count). The molecule has 0 amide bonds. The average molecular weight is 245 g/mol. The fourth-order valence-electron chi connectivity index (χ4n) is 4.44. The molecule has 0 saturated heterocycles. The summed E-state index contributed by atoms with van der Waals surface area (Å²) in [6, 6.07) is 13.2. The zero-order valence-electron chi connectivity index (χ0n) is 10.8. The van der Waals surface area contributed by atoms with E-state index in [1.54, 1.807) is 11.1 Å². The van der Waals surface area contributed by atoms with E-state index < -0.39 is 0 Å². The minimum atomic E-state index is 0.788. The Morgan fingerprint density at radius 3 is 2.32 bits per heavy atom. The highest BCUT2D eigenvalue weighted by Gasteiger charge is 2.39. The largest absolute Gasteiger partial charge is 0.256 e. The van der Waals surface area contributed by atoms with Crippen molar-refractivity contribution in [1.29, 1.82) is 0 Å². The third kappa shape index (κ3) is 1.14. The first-order chi connectivity index (χ1) is 9.43. The Morgan fingerprint density at radius 2 is 1.47 bits per heavy atom. The molecule has 0 radical (unpaired) electrons. The van der Waals surface area contributed by atoms with E-state index in [-0.39, 0.29) is 0 Å². The summed E-state index contributed by atoms with van der Waals surface area (Å²) in [4.78, 5) is 4.67. The van der Waals surface area contributed by atoms with Gasteiger partial charge in [0, 0.05) is 17.0 Å². The van der Waals surface area contributed by atoms with Gasteiger partial charge in [-0.2, -0.15) is 0 Å². The molecule has 92 valence electrons. The number of fused-ring (bicyclic) bond motifs is 10. The van der Waals surface area contributed by atoms with Crippen LogP contribution in [0.15, 0.2) is 42.6 Å². The Morgan fingerprint density at radius 1 is 0.789 bits per heavy atom. The van der Waals surface area contributed by atoms with E-state index in [0.717, 1.165) is 11.8 Å². The van der Waals surface area contributed by atoms with Crippen LogP contribution in [0.2, 0.25) is 0 Å². The van der Waals surface area contributed by atoms with Gasteiger partial charge in [-0.25, -0.2) is 0 Å². The van der Waals surface area contributed by atoms with Crippen LogP contribution < -0.4 is 0 Å². The Bertz CT molecular complexity index is 750. The lowest BCUT2D eigenvalue weighted by molar-refractivity contribution is 0.726. The highest BCUT2D eigenvalue weighted by atomic mass is 14.7. The smallest absolute Gasteiger partial charge is 0.0783 e. The summed E-state index contributed by atoms with van der Waals surface area (Å²) in [7, 11) is 0. The maximum atomic E-state index is 4.67. The normalized spacial score (nSPS) is 24.2. The topological polar surface area (TPSA) is 12.9 Å². The lowest BCUT2D eigenvalue weighted by Gasteiger charge is -2.20. The zero-order chi connectivity index (χ0) is 12.4. The highest BCUT2D eigenvalue weighted by molar-refractivity contribution is 6.09. The highest BCUT2D eigenvalue weighted by Crippen LogP contribution is 2.57. The Balaban J connectivity index is 2.09. The maximum Gasteiger partial charge on any atom is 0.0783 e. The van der Waals surface area contributed by atoms with Crippen molar-refractivity contribution >= 4 is 21.7 Å². The van der Waals surface area contributed by atoms with Crippen molar-refractivity contribution in [1.82, 2.24) is 4.98 Å². The van der Waals surface area contributed by atoms with Crippen LogP contribution in [0.25, 0.3) is 21.7 Å². The third-order valence-electron chi connectivity index (χ3n) is 5.11. The molecule has 2 aromatic carbocycles. The Labute approximate surface area is 112 Å². The van der Waals surface area contributed by atoms with Gasteiger partial charge in [-0.3, -0.25) is 4.98 Å². The summed E-state index contributed by atoms with van der Waals surface area (Å²) in [5.74, 6) is 1.59. The monoisotopic (exact) mass is 245 g/mol. The van der Waals surface area contributed by atoms with Crippen molar-refractivity contribution < 1.29 is 0 Å². The standard InChI is InChI=1S/C18H15N/c1-2-5-14-13(4-1)16-11-7-8-12(10-11)17(16)15-6-3-9-19-18(14)15/h1-6,9,11-12H,7-8,10H2/t11-,12?/m1/s1.